The second kappa shape index (κ2) is 10.1. The van der Waals surface area contributed by atoms with Gasteiger partial charge in [0.25, 0.3) is 5.91 Å². The van der Waals surface area contributed by atoms with E-state index in [-0.39, 0.29) is 24.1 Å². The summed E-state index contributed by atoms with van der Waals surface area (Å²) >= 11 is 0. The first-order chi connectivity index (χ1) is 15.7. The second-order valence-corrected chi connectivity index (χ2v) is 7.63. The molecule has 0 saturated carbocycles. The zero-order valence-electron chi connectivity index (χ0n) is 18.7. The highest BCUT2D eigenvalue weighted by Gasteiger charge is 2.28. The van der Waals surface area contributed by atoms with E-state index < -0.39 is 17.9 Å². The molecule has 33 heavy (non-hydrogen) atoms. The molecule has 0 radical (unpaired) electrons. The lowest BCUT2D eigenvalue weighted by atomic mass is 10.1. The van der Waals surface area contributed by atoms with Crippen molar-refractivity contribution in [1.82, 2.24) is 5.32 Å². The van der Waals surface area contributed by atoms with Crippen LogP contribution >= 0.6 is 0 Å². The number of carbonyl (C=O) groups excluding carboxylic acids is 2. The fourth-order valence-electron chi connectivity index (χ4n) is 3.23. The Hall–Kier alpha value is -4.01. The number of hydrogen-bond acceptors (Lipinski definition) is 7. The molecule has 2 N–H and O–H groups in total. The van der Waals surface area contributed by atoms with Crippen LogP contribution in [0.5, 0.6) is 23.0 Å². The third kappa shape index (κ3) is 5.43. The number of fused-ring (bicyclic) bond motifs is 1. The first-order valence-corrected chi connectivity index (χ1v) is 10.2. The molecule has 0 spiro atoms. The standard InChI is InChI=1S/C24H25NO8/c1-13(2)22(24(28)29)25-21(26)12-32-15-6-7-16-18(11-15)33-20(23(16)27)10-14-5-8-17(30-3)19(9-14)31-4/h5-11,13,22H,12H2,1-4H3,(H,25,26)(H,28,29). The van der Waals surface area contributed by atoms with E-state index in [1.807, 2.05) is 0 Å². The molecule has 2 aromatic rings. The lowest BCUT2D eigenvalue weighted by molar-refractivity contribution is -0.143. The predicted octanol–water partition coefficient (Wildman–Crippen LogP) is 2.92. The van der Waals surface area contributed by atoms with E-state index in [0.29, 0.717) is 34.1 Å². The fraction of sp³-hybridized carbons (Fsp3) is 0.292. The van der Waals surface area contributed by atoms with E-state index in [0.717, 1.165) is 0 Å². The van der Waals surface area contributed by atoms with E-state index in [9.17, 15) is 19.5 Å². The van der Waals surface area contributed by atoms with Gasteiger partial charge in [-0.2, -0.15) is 0 Å². The Bertz CT molecular complexity index is 1110. The Kier molecular flexibility index (Phi) is 7.22. The Morgan fingerprint density at radius 2 is 1.82 bits per heavy atom. The molecule has 0 fully saturated rings. The number of aliphatic carboxylic acids is 1. The van der Waals surface area contributed by atoms with Gasteiger partial charge in [0.15, 0.2) is 23.9 Å². The smallest absolute Gasteiger partial charge is 0.326 e. The summed E-state index contributed by atoms with van der Waals surface area (Å²) in [6, 6.07) is 8.81. The molecule has 3 rings (SSSR count). The van der Waals surface area contributed by atoms with Crippen molar-refractivity contribution < 1.29 is 38.4 Å². The van der Waals surface area contributed by atoms with Crippen molar-refractivity contribution in [2.24, 2.45) is 5.92 Å². The van der Waals surface area contributed by atoms with Crippen LogP contribution < -0.4 is 24.3 Å². The van der Waals surface area contributed by atoms with Crippen molar-refractivity contribution >= 4 is 23.7 Å². The van der Waals surface area contributed by atoms with E-state index in [4.69, 9.17) is 18.9 Å². The van der Waals surface area contributed by atoms with Crippen molar-refractivity contribution in [2.45, 2.75) is 19.9 Å². The number of ketones is 1. The van der Waals surface area contributed by atoms with Crippen LogP contribution in [0.25, 0.3) is 6.08 Å². The minimum Gasteiger partial charge on any atom is -0.493 e. The van der Waals surface area contributed by atoms with Crippen LogP contribution in [0.1, 0.15) is 29.8 Å². The number of allylic oxidation sites excluding steroid dienone is 1. The van der Waals surface area contributed by atoms with Gasteiger partial charge < -0.3 is 29.4 Å². The van der Waals surface area contributed by atoms with E-state index in [1.165, 1.54) is 20.3 Å². The highest BCUT2D eigenvalue weighted by atomic mass is 16.5. The minimum absolute atomic E-state index is 0.133. The first-order valence-electron chi connectivity index (χ1n) is 10.2. The van der Waals surface area contributed by atoms with E-state index in [2.05, 4.69) is 5.32 Å². The summed E-state index contributed by atoms with van der Waals surface area (Å²) in [5.74, 6) is -0.419. The van der Waals surface area contributed by atoms with Crippen LogP contribution in [0, 0.1) is 5.92 Å². The summed E-state index contributed by atoms with van der Waals surface area (Å²) in [6.45, 7) is 3.02. The Morgan fingerprint density at radius 1 is 1.09 bits per heavy atom. The van der Waals surface area contributed by atoms with Gasteiger partial charge in [-0.3, -0.25) is 9.59 Å². The average Bonchev–Trinajstić information content (AvgIpc) is 3.09. The fourth-order valence-corrected chi connectivity index (χ4v) is 3.23. The number of carboxylic acids is 1. The van der Waals surface area contributed by atoms with Crippen molar-refractivity contribution in [1.29, 1.82) is 0 Å². The van der Waals surface area contributed by atoms with Gasteiger partial charge in [0.2, 0.25) is 5.78 Å². The first kappa shape index (κ1) is 23.6. The molecule has 0 bridgehead atoms. The predicted molar refractivity (Wildman–Crippen MR) is 119 cm³/mol. The number of rotatable bonds is 9. The second-order valence-electron chi connectivity index (χ2n) is 7.63. The van der Waals surface area contributed by atoms with Gasteiger partial charge in [-0.25, -0.2) is 4.79 Å². The highest BCUT2D eigenvalue weighted by Crippen LogP contribution is 2.36. The van der Waals surface area contributed by atoms with E-state index in [1.54, 1.807) is 50.3 Å². The van der Waals surface area contributed by atoms with Crippen LogP contribution in [-0.2, 0) is 9.59 Å². The van der Waals surface area contributed by atoms with Gasteiger partial charge in [-0.15, -0.1) is 0 Å². The maximum atomic E-state index is 12.7. The molecule has 9 heteroatoms. The molecule has 1 heterocycles. The Morgan fingerprint density at radius 3 is 2.45 bits per heavy atom. The summed E-state index contributed by atoms with van der Waals surface area (Å²) in [6.07, 6.45) is 1.59. The summed E-state index contributed by atoms with van der Waals surface area (Å²) in [7, 11) is 3.06. The van der Waals surface area contributed by atoms with Gasteiger partial charge in [-0.1, -0.05) is 19.9 Å². The van der Waals surface area contributed by atoms with Crippen LogP contribution in [-0.4, -0.2) is 49.6 Å². The Balaban J connectivity index is 1.69. The number of Topliss-reactive ketones (excluding diaryl/α,β-unsaturated/α-hetero) is 1. The molecular formula is C24H25NO8. The zero-order valence-corrected chi connectivity index (χ0v) is 18.7. The minimum atomic E-state index is -1.11. The quantitative estimate of drug-likeness (QED) is 0.554. The van der Waals surface area contributed by atoms with Gasteiger partial charge in [0.1, 0.15) is 17.5 Å². The number of amides is 1. The molecule has 0 saturated heterocycles. The number of ether oxygens (including phenoxy) is 4. The zero-order chi connectivity index (χ0) is 24.1. The number of methoxy groups -OCH3 is 2. The largest absolute Gasteiger partial charge is 0.493 e. The number of benzene rings is 2. The van der Waals surface area contributed by atoms with Crippen molar-refractivity contribution in [3.05, 3.63) is 53.3 Å². The van der Waals surface area contributed by atoms with Crippen LogP contribution in [0.15, 0.2) is 42.2 Å². The van der Waals surface area contributed by atoms with Gasteiger partial charge in [-0.05, 0) is 41.8 Å². The molecule has 1 aliphatic heterocycles. The molecule has 1 atom stereocenters. The molecule has 1 aliphatic rings. The molecular weight excluding hydrogens is 430 g/mol. The maximum absolute atomic E-state index is 12.7. The van der Waals surface area contributed by atoms with Crippen LogP contribution in [0.4, 0.5) is 0 Å². The molecule has 1 amide bonds. The number of nitrogens with one attached hydrogen (secondary N) is 1. The summed E-state index contributed by atoms with van der Waals surface area (Å²) in [5, 5.41) is 11.6. The summed E-state index contributed by atoms with van der Waals surface area (Å²) in [5.41, 5.74) is 1.05. The third-order valence-electron chi connectivity index (χ3n) is 4.97. The summed E-state index contributed by atoms with van der Waals surface area (Å²) in [4.78, 5) is 36.0. The normalized spacial score (nSPS) is 14.5. The topological polar surface area (TPSA) is 120 Å². The third-order valence-corrected chi connectivity index (χ3v) is 4.97. The lowest BCUT2D eigenvalue weighted by Gasteiger charge is -2.18. The molecule has 9 nitrogen and oxygen atoms in total. The summed E-state index contributed by atoms with van der Waals surface area (Å²) < 4.78 is 21.7. The molecule has 0 aliphatic carbocycles. The van der Waals surface area contributed by atoms with Crippen LogP contribution in [0.2, 0.25) is 0 Å². The molecule has 1 unspecified atom stereocenters. The molecule has 2 aromatic carbocycles. The van der Waals surface area contributed by atoms with Crippen molar-refractivity contribution in [2.75, 3.05) is 20.8 Å². The van der Waals surface area contributed by atoms with Gasteiger partial charge in [0.05, 0.1) is 19.8 Å². The molecule has 174 valence electrons. The number of hydrogen-bond donors (Lipinski definition) is 2. The molecule has 0 aromatic heterocycles. The van der Waals surface area contributed by atoms with Gasteiger partial charge >= 0.3 is 5.97 Å². The van der Waals surface area contributed by atoms with Crippen molar-refractivity contribution in [3.8, 4) is 23.0 Å². The maximum Gasteiger partial charge on any atom is 0.326 e. The lowest BCUT2D eigenvalue weighted by Crippen LogP contribution is -2.46. The SMILES string of the molecule is COc1ccc(C=C2Oc3cc(OCC(=O)NC(C(=O)O)C(C)C)ccc3C2=O)cc1OC. The Labute approximate surface area is 190 Å². The van der Waals surface area contributed by atoms with Crippen LogP contribution in [0.3, 0.4) is 0 Å². The van der Waals surface area contributed by atoms with E-state index >= 15 is 0 Å². The number of carboxylic acid groups (broad SMARTS) is 1. The average molecular weight is 455 g/mol. The van der Waals surface area contributed by atoms with Crippen molar-refractivity contribution in [3.63, 3.8) is 0 Å². The number of carbonyl (C=O) groups is 3. The monoisotopic (exact) mass is 455 g/mol. The van der Waals surface area contributed by atoms with Gasteiger partial charge in [0, 0.05) is 6.07 Å². The highest BCUT2D eigenvalue weighted by molar-refractivity contribution is 6.14.